The number of nitrogens with two attached hydrogens (primary N) is 1. The summed E-state index contributed by atoms with van der Waals surface area (Å²) < 4.78 is 0. The highest BCUT2D eigenvalue weighted by atomic mass is 16.6. The minimum Gasteiger partial charge on any atom is -0.369 e. The van der Waals surface area contributed by atoms with E-state index in [1.165, 1.54) is 6.20 Å². The van der Waals surface area contributed by atoms with Crippen molar-refractivity contribution in [2.75, 3.05) is 42.9 Å². The summed E-state index contributed by atoms with van der Waals surface area (Å²) in [5, 5.41) is 14.2. The first kappa shape index (κ1) is 16.4. The summed E-state index contributed by atoms with van der Waals surface area (Å²) in [4.78, 5) is 34.2. The maximum Gasteiger partial charge on any atom is 0.329 e. The summed E-state index contributed by atoms with van der Waals surface area (Å²) in [6.07, 6.45) is 4.11. The van der Waals surface area contributed by atoms with E-state index in [9.17, 15) is 14.9 Å². The maximum atomic E-state index is 11.1. The van der Waals surface area contributed by atoms with Gasteiger partial charge in [-0.15, -0.1) is 0 Å². The molecule has 2 heterocycles. The maximum absolute atomic E-state index is 11.1. The normalized spacial score (nSPS) is 18.9. The second-order valence-electron chi connectivity index (χ2n) is 6.16. The molecule has 1 saturated heterocycles. The van der Waals surface area contributed by atoms with Crippen molar-refractivity contribution in [2.24, 2.45) is 5.73 Å². The molecule has 24 heavy (non-hydrogen) atoms. The number of carbonyl (C=O) groups is 1. The number of nitro groups is 1. The molecule has 1 aromatic rings. The number of aromatic nitrogens is 2. The highest BCUT2D eigenvalue weighted by Gasteiger charge is 2.27. The van der Waals surface area contributed by atoms with Crippen LogP contribution in [0.5, 0.6) is 0 Å². The number of nitrogens with one attached hydrogen (secondary N) is 1. The lowest BCUT2D eigenvalue weighted by atomic mass is 10.4. The fraction of sp³-hybridized carbons (Fsp3) is 0.643. The Kier molecular flexibility index (Phi) is 4.74. The molecule has 10 nitrogen and oxygen atoms in total. The van der Waals surface area contributed by atoms with Crippen molar-refractivity contribution in [2.45, 2.75) is 25.3 Å². The molecule has 1 aromatic heterocycles. The van der Waals surface area contributed by atoms with Gasteiger partial charge in [0.15, 0.2) is 0 Å². The van der Waals surface area contributed by atoms with Gasteiger partial charge in [-0.3, -0.25) is 19.8 Å². The highest BCUT2D eigenvalue weighted by molar-refractivity contribution is 5.75. The number of primary amides is 1. The SMILES string of the molecule is NC(=O)CN1CCCN(c2ncc([N+](=O)[O-])c(NC3CC3)n2)CC1. The van der Waals surface area contributed by atoms with Crippen LogP contribution in [-0.4, -0.2) is 64.5 Å². The first-order chi connectivity index (χ1) is 11.5. The van der Waals surface area contributed by atoms with E-state index in [1.54, 1.807) is 0 Å². The first-order valence-electron chi connectivity index (χ1n) is 8.06. The Bertz CT molecular complexity index is 635. The zero-order valence-corrected chi connectivity index (χ0v) is 13.3. The van der Waals surface area contributed by atoms with Crippen LogP contribution in [0.25, 0.3) is 0 Å². The molecule has 130 valence electrons. The van der Waals surface area contributed by atoms with Crippen LogP contribution >= 0.6 is 0 Å². The molecule has 3 rings (SSSR count). The molecule has 2 fully saturated rings. The highest BCUT2D eigenvalue weighted by Crippen LogP contribution is 2.30. The fourth-order valence-electron chi connectivity index (χ4n) is 2.73. The monoisotopic (exact) mass is 335 g/mol. The van der Waals surface area contributed by atoms with Gasteiger partial charge < -0.3 is 16.0 Å². The van der Waals surface area contributed by atoms with Gasteiger partial charge in [0, 0.05) is 32.2 Å². The molecule has 1 aliphatic carbocycles. The van der Waals surface area contributed by atoms with Crippen molar-refractivity contribution in [3.8, 4) is 0 Å². The van der Waals surface area contributed by atoms with Crippen LogP contribution in [0.4, 0.5) is 17.5 Å². The molecule has 3 N–H and O–H groups in total. The Morgan fingerprint density at radius 1 is 1.38 bits per heavy atom. The fourth-order valence-corrected chi connectivity index (χ4v) is 2.73. The van der Waals surface area contributed by atoms with Gasteiger partial charge in [0.25, 0.3) is 0 Å². The van der Waals surface area contributed by atoms with Gasteiger partial charge in [-0.2, -0.15) is 4.98 Å². The molecular formula is C14H21N7O3. The Morgan fingerprint density at radius 2 is 2.17 bits per heavy atom. The smallest absolute Gasteiger partial charge is 0.329 e. The van der Waals surface area contributed by atoms with Crippen LogP contribution in [0.1, 0.15) is 19.3 Å². The van der Waals surface area contributed by atoms with Crippen LogP contribution in [0.15, 0.2) is 6.20 Å². The standard InChI is InChI=1S/C14H21N7O3/c15-12(22)9-19-4-1-5-20(7-6-19)14-16-8-11(21(23)24)13(18-14)17-10-2-3-10/h8,10H,1-7,9H2,(H2,15,22)(H,16,17,18). The summed E-state index contributed by atoms with van der Waals surface area (Å²) in [7, 11) is 0. The minimum absolute atomic E-state index is 0.101. The third-order valence-corrected chi connectivity index (χ3v) is 4.12. The van der Waals surface area contributed by atoms with Crippen molar-refractivity contribution in [3.05, 3.63) is 16.3 Å². The van der Waals surface area contributed by atoms with Gasteiger partial charge in [0.2, 0.25) is 17.7 Å². The predicted molar refractivity (Wildman–Crippen MR) is 87.8 cm³/mol. The van der Waals surface area contributed by atoms with Crippen LogP contribution in [0.3, 0.4) is 0 Å². The molecule has 0 bridgehead atoms. The summed E-state index contributed by atoms with van der Waals surface area (Å²) in [6.45, 7) is 3.07. The summed E-state index contributed by atoms with van der Waals surface area (Å²) >= 11 is 0. The van der Waals surface area contributed by atoms with E-state index in [1.807, 2.05) is 9.80 Å². The summed E-state index contributed by atoms with van der Waals surface area (Å²) in [6, 6.07) is 0.265. The lowest BCUT2D eigenvalue weighted by molar-refractivity contribution is -0.384. The molecule has 0 spiro atoms. The van der Waals surface area contributed by atoms with E-state index in [2.05, 4.69) is 15.3 Å². The van der Waals surface area contributed by atoms with Gasteiger partial charge in [-0.1, -0.05) is 0 Å². The van der Waals surface area contributed by atoms with E-state index < -0.39 is 4.92 Å². The molecular weight excluding hydrogens is 314 g/mol. The lowest BCUT2D eigenvalue weighted by Crippen LogP contribution is -2.37. The second kappa shape index (κ2) is 6.95. The van der Waals surface area contributed by atoms with E-state index in [0.717, 1.165) is 32.4 Å². The largest absolute Gasteiger partial charge is 0.369 e. The number of carbonyl (C=O) groups excluding carboxylic acids is 1. The van der Waals surface area contributed by atoms with Gasteiger partial charge in [-0.25, -0.2) is 4.98 Å². The minimum atomic E-state index is -0.467. The zero-order chi connectivity index (χ0) is 17.1. The third-order valence-electron chi connectivity index (χ3n) is 4.12. The third kappa shape index (κ3) is 4.07. The predicted octanol–water partition coefficient (Wildman–Crippen LogP) is -0.0435. The van der Waals surface area contributed by atoms with Crippen molar-refractivity contribution in [3.63, 3.8) is 0 Å². The molecule has 2 aliphatic rings. The topological polar surface area (TPSA) is 131 Å². The number of hydrogen-bond acceptors (Lipinski definition) is 8. The van der Waals surface area contributed by atoms with Crippen LogP contribution < -0.4 is 16.0 Å². The Labute approximate surface area is 139 Å². The van der Waals surface area contributed by atoms with Crippen molar-refractivity contribution in [1.29, 1.82) is 0 Å². The van der Waals surface area contributed by atoms with Crippen LogP contribution in [0, 0.1) is 10.1 Å². The number of nitrogens with zero attached hydrogens (tertiary/aromatic N) is 5. The van der Waals surface area contributed by atoms with Gasteiger partial charge in [-0.05, 0) is 19.3 Å². The Morgan fingerprint density at radius 3 is 2.83 bits per heavy atom. The first-order valence-corrected chi connectivity index (χ1v) is 8.06. The van der Waals surface area contributed by atoms with Gasteiger partial charge in [0.05, 0.1) is 11.5 Å². The van der Waals surface area contributed by atoms with Crippen molar-refractivity contribution < 1.29 is 9.72 Å². The Balaban J connectivity index is 1.73. The summed E-state index contributed by atoms with van der Waals surface area (Å²) in [5.74, 6) is 0.418. The molecule has 0 atom stereocenters. The van der Waals surface area contributed by atoms with Crippen LogP contribution in [-0.2, 0) is 4.79 Å². The number of amides is 1. The Hall–Kier alpha value is -2.49. The molecule has 0 radical (unpaired) electrons. The van der Waals surface area contributed by atoms with E-state index in [4.69, 9.17) is 5.73 Å². The molecule has 1 aliphatic heterocycles. The molecule has 0 aromatic carbocycles. The molecule has 1 saturated carbocycles. The van der Waals surface area contributed by atoms with Gasteiger partial charge in [0.1, 0.15) is 6.20 Å². The van der Waals surface area contributed by atoms with E-state index in [0.29, 0.717) is 19.0 Å². The number of rotatable bonds is 6. The van der Waals surface area contributed by atoms with Crippen LogP contribution in [0.2, 0.25) is 0 Å². The average molecular weight is 335 g/mol. The molecule has 0 unspecified atom stereocenters. The van der Waals surface area contributed by atoms with E-state index in [-0.39, 0.29) is 30.0 Å². The van der Waals surface area contributed by atoms with Crippen molar-refractivity contribution in [1.82, 2.24) is 14.9 Å². The molecule has 10 heteroatoms. The molecule has 1 amide bonds. The second-order valence-corrected chi connectivity index (χ2v) is 6.16. The zero-order valence-electron chi connectivity index (χ0n) is 13.3. The summed E-state index contributed by atoms with van der Waals surface area (Å²) in [5.41, 5.74) is 5.15. The van der Waals surface area contributed by atoms with Crippen molar-refractivity contribution >= 4 is 23.4 Å². The number of anilines is 2. The average Bonchev–Trinajstić information content (AvgIpc) is 3.34. The quantitative estimate of drug-likeness (QED) is 0.547. The number of hydrogen-bond donors (Lipinski definition) is 2. The van der Waals surface area contributed by atoms with E-state index >= 15 is 0 Å². The van der Waals surface area contributed by atoms with Gasteiger partial charge >= 0.3 is 5.69 Å². The lowest BCUT2D eigenvalue weighted by Gasteiger charge is -2.21.